The van der Waals surface area contributed by atoms with Gasteiger partial charge in [0.25, 0.3) is 5.91 Å². The highest BCUT2D eigenvalue weighted by molar-refractivity contribution is 5.95. The van der Waals surface area contributed by atoms with Crippen LogP contribution in [0.1, 0.15) is 15.9 Å². The van der Waals surface area contributed by atoms with Crippen LogP contribution in [-0.2, 0) is 0 Å². The van der Waals surface area contributed by atoms with Gasteiger partial charge in [0.05, 0.1) is 0 Å². The van der Waals surface area contributed by atoms with Gasteiger partial charge in [0.1, 0.15) is 5.75 Å². The van der Waals surface area contributed by atoms with Crippen molar-refractivity contribution >= 4 is 11.9 Å². The molecule has 0 aliphatic heterocycles. The van der Waals surface area contributed by atoms with Crippen molar-refractivity contribution < 1.29 is 14.7 Å². The molecule has 0 spiro atoms. The number of amides is 3. The molecule has 0 aliphatic rings. The quantitative estimate of drug-likeness (QED) is 0.490. The van der Waals surface area contributed by atoms with Crippen LogP contribution in [0.5, 0.6) is 5.75 Å². The molecular weight excluding hydrogens is 198 g/mol. The molecule has 6 nitrogen and oxygen atoms in total. The van der Waals surface area contributed by atoms with Crippen molar-refractivity contribution in [1.82, 2.24) is 10.9 Å². The standard InChI is InChI=1S/C9H11N3O3/c1-5-4-6(2-3-7(5)13)8(14)11-12-9(10)15/h2-4,13H,1H3,(H,11,14)(H3,10,12,15). The van der Waals surface area contributed by atoms with Gasteiger partial charge in [-0.1, -0.05) is 0 Å². The molecule has 0 bridgehead atoms. The number of urea groups is 1. The van der Waals surface area contributed by atoms with E-state index >= 15 is 0 Å². The summed E-state index contributed by atoms with van der Waals surface area (Å²) in [5.74, 6) is -0.397. The summed E-state index contributed by atoms with van der Waals surface area (Å²) in [7, 11) is 0. The largest absolute Gasteiger partial charge is 0.508 e. The second kappa shape index (κ2) is 4.32. The lowest BCUT2D eigenvalue weighted by atomic mass is 10.1. The molecule has 0 heterocycles. The molecule has 1 rings (SSSR count). The van der Waals surface area contributed by atoms with E-state index in [4.69, 9.17) is 5.73 Å². The van der Waals surface area contributed by atoms with Crippen molar-refractivity contribution in [3.63, 3.8) is 0 Å². The van der Waals surface area contributed by atoms with E-state index in [1.807, 2.05) is 5.43 Å². The molecule has 0 aromatic heterocycles. The Hall–Kier alpha value is -2.24. The average molecular weight is 209 g/mol. The maximum absolute atomic E-state index is 11.3. The predicted molar refractivity (Wildman–Crippen MR) is 53.0 cm³/mol. The van der Waals surface area contributed by atoms with Gasteiger partial charge in [0.2, 0.25) is 0 Å². The third-order valence-electron chi connectivity index (χ3n) is 1.76. The van der Waals surface area contributed by atoms with Crippen molar-refractivity contribution in [2.24, 2.45) is 5.73 Å². The molecule has 0 radical (unpaired) electrons. The number of aryl methyl sites for hydroxylation is 1. The van der Waals surface area contributed by atoms with Crippen LogP contribution in [-0.4, -0.2) is 17.0 Å². The summed E-state index contributed by atoms with van der Waals surface area (Å²) in [6.07, 6.45) is 0. The minimum atomic E-state index is -0.848. The van der Waals surface area contributed by atoms with E-state index in [0.717, 1.165) is 0 Å². The Morgan fingerprint density at radius 3 is 2.53 bits per heavy atom. The zero-order valence-electron chi connectivity index (χ0n) is 8.07. The fourth-order valence-corrected chi connectivity index (χ4v) is 0.987. The molecule has 0 atom stereocenters. The number of benzene rings is 1. The number of aromatic hydroxyl groups is 1. The lowest BCUT2D eigenvalue weighted by molar-refractivity contribution is 0.0937. The number of rotatable bonds is 1. The first-order chi connectivity index (χ1) is 7.00. The molecule has 1 aromatic carbocycles. The number of carbonyl (C=O) groups excluding carboxylic acids is 2. The maximum atomic E-state index is 11.3. The van der Waals surface area contributed by atoms with Gasteiger partial charge in [-0.2, -0.15) is 0 Å². The van der Waals surface area contributed by atoms with E-state index in [2.05, 4.69) is 5.43 Å². The Morgan fingerprint density at radius 2 is 2.00 bits per heavy atom. The van der Waals surface area contributed by atoms with Crippen LogP contribution in [0, 0.1) is 6.92 Å². The van der Waals surface area contributed by atoms with Crippen LogP contribution >= 0.6 is 0 Å². The maximum Gasteiger partial charge on any atom is 0.330 e. The molecular formula is C9H11N3O3. The summed E-state index contributed by atoms with van der Waals surface area (Å²) in [6, 6.07) is 3.47. The second-order valence-electron chi connectivity index (χ2n) is 2.94. The molecule has 0 aliphatic carbocycles. The Bertz CT molecular complexity index is 404. The van der Waals surface area contributed by atoms with E-state index in [-0.39, 0.29) is 5.75 Å². The molecule has 0 saturated carbocycles. The van der Waals surface area contributed by atoms with Crippen LogP contribution in [0.4, 0.5) is 4.79 Å². The highest BCUT2D eigenvalue weighted by Gasteiger charge is 2.07. The number of hydrogen-bond donors (Lipinski definition) is 4. The summed E-state index contributed by atoms with van der Waals surface area (Å²) in [5.41, 5.74) is 9.71. The summed E-state index contributed by atoms with van der Waals surface area (Å²) < 4.78 is 0. The normalized spacial score (nSPS) is 9.40. The lowest BCUT2D eigenvalue weighted by Crippen LogP contribution is -2.44. The number of nitrogens with one attached hydrogen (secondary N) is 2. The number of nitrogens with two attached hydrogens (primary N) is 1. The van der Waals surface area contributed by atoms with Gasteiger partial charge >= 0.3 is 6.03 Å². The van der Waals surface area contributed by atoms with Crippen LogP contribution in [0.15, 0.2) is 18.2 Å². The summed E-state index contributed by atoms with van der Waals surface area (Å²) in [6.45, 7) is 1.66. The lowest BCUT2D eigenvalue weighted by Gasteiger charge is -2.05. The Morgan fingerprint density at radius 1 is 1.33 bits per heavy atom. The van der Waals surface area contributed by atoms with Crippen molar-refractivity contribution in [2.75, 3.05) is 0 Å². The first kappa shape index (κ1) is 10.8. The van der Waals surface area contributed by atoms with Crippen LogP contribution in [0.25, 0.3) is 0 Å². The minimum Gasteiger partial charge on any atom is -0.508 e. The van der Waals surface area contributed by atoms with Gasteiger partial charge < -0.3 is 10.8 Å². The zero-order chi connectivity index (χ0) is 11.4. The monoisotopic (exact) mass is 209 g/mol. The molecule has 0 unspecified atom stereocenters. The van der Waals surface area contributed by atoms with Crippen LogP contribution in [0.2, 0.25) is 0 Å². The molecule has 15 heavy (non-hydrogen) atoms. The van der Waals surface area contributed by atoms with Crippen molar-refractivity contribution in [3.05, 3.63) is 29.3 Å². The fraction of sp³-hybridized carbons (Fsp3) is 0.111. The number of primary amides is 1. The number of carbonyl (C=O) groups is 2. The predicted octanol–water partition coefficient (Wildman–Crippen LogP) is 0.0137. The molecule has 5 N–H and O–H groups in total. The summed E-state index contributed by atoms with van der Waals surface area (Å²) >= 11 is 0. The van der Waals surface area contributed by atoms with Crippen LogP contribution in [0.3, 0.4) is 0 Å². The van der Waals surface area contributed by atoms with Crippen LogP contribution < -0.4 is 16.6 Å². The first-order valence-corrected chi connectivity index (χ1v) is 4.16. The SMILES string of the molecule is Cc1cc(C(=O)NNC(N)=O)ccc1O. The van der Waals surface area contributed by atoms with Crippen molar-refractivity contribution in [2.45, 2.75) is 6.92 Å². The van der Waals surface area contributed by atoms with Gasteiger partial charge in [0, 0.05) is 5.56 Å². The number of phenolic OH excluding ortho intramolecular Hbond substituents is 1. The number of hydrogen-bond acceptors (Lipinski definition) is 3. The summed E-state index contributed by atoms with van der Waals surface area (Å²) in [4.78, 5) is 21.7. The van der Waals surface area contributed by atoms with Gasteiger partial charge in [-0.15, -0.1) is 0 Å². The Kier molecular flexibility index (Phi) is 3.12. The first-order valence-electron chi connectivity index (χ1n) is 4.16. The van der Waals surface area contributed by atoms with Gasteiger partial charge in [-0.05, 0) is 30.7 Å². The molecule has 0 fully saturated rings. The smallest absolute Gasteiger partial charge is 0.330 e. The number of hydrazine groups is 1. The van der Waals surface area contributed by atoms with E-state index in [1.54, 1.807) is 6.92 Å². The molecule has 3 amide bonds. The van der Waals surface area contributed by atoms with Gasteiger partial charge in [-0.25, -0.2) is 10.2 Å². The van der Waals surface area contributed by atoms with Crippen molar-refractivity contribution in [3.8, 4) is 5.75 Å². The van der Waals surface area contributed by atoms with E-state index in [0.29, 0.717) is 11.1 Å². The Balaban J connectivity index is 2.74. The highest BCUT2D eigenvalue weighted by Crippen LogP contribution is 2.16. The van der Waals surface area contributed by atoms with Gasteiger partial charge in [0.15, 0.2) is 0 Å². The fourth-order valence-electron chi connectivity index (χ4n) is 0.987. The minimum absolute atomic E-state index is 0.106. The third kappa shape index (κ3) is 2.87. The molecule has 1 aromatic rings. The summed E-state index contributed by atoms with van der Waals surface area (Å²) in [5, 5.41) is 9.22. The Labute approximate surface area is 86.1 Å². The third-order valence-corrected chi connectivity index (χ3v) is 1.76. The molecule has 6 heteroatoms. The second-order valence-corrected chi connectivity index (χ2v) is 2.94. The van der Waals surface area contributed by atoms with E-state index in [1.165, 1.54) is 18.2 Å². The molecule has 80 valence electrons. The zero-order valence-corrected chi connectivity index (χ0v) is 8.07. The highest BCUT2D eigenvalue weighted by atomic mass is 16.3. The van der Waals surface area contributed by atoms with Gasteiger partial charge in [-0.3, -0.25) is 10.2 Å². The average Bonchev–Trinajstić information content (AvgIpc) is 2.18. The van der Waals surface area contributed by atoms with E-state index < -0.39 is 11.9 Å². The topological polar surface area (TPSA) is 104 Å². The van der Waals surface area contributed by atoms with Crippen molar-refractivity contribution in [1.29, 1.82) is 0 Å². The molecule has 0 saturated heterocycles. The number of phenols is 1. The van der Waals surface area contributed by atoms with E-state index in [9.17, 15) is 14.7 Å².